The topological polar surface area (TPSA) is 61.9 Å². The molecule has 0 saturated carbocycles. The van der Waals surface area contributed by atoms with Crippen LogP contribution in [0.5, 0.6) is 0 Å². The number of pyridine rings is 1. The Morgan fingerprint density at radius 1 is 1.27 bits per heavy atom. The molecule has 3 aromatic rings. The molecule has 0 radical (unpaired) electrons. The number of para-hydroxylation sites is 1. The lowest BCUT2D eigenvalue weighted by atomic mass is 10.0. The molecule has 2 aromatic heterocycles. The summed E-state index contributed by atoms with van der Waals surface area (Å²) in [5, 5.41) is 12.9. The van der Waals surface area contributed by atoms with Crippen LogP contribution in [0.1, 0.15) is 30.2 Å². The summed E-state index contributed by atoms with van der Waals surface area (Å²) in [4.78, 5) is 4.35. The van der Waals surface area contributed by atoms with Crippen molar-refractivity contribution in [2.75, 3.05) is 11.9 Å². The molecule has 112 valence electrons. The van der Waals surface area contributed by atoms with Gasteiger partial charge in [0.15, 0.2) is 0 Å². The molecule has 0 bridgehead atoms. The first-order chi connectivity index (χ1) is 10.7. The molecule has 0 aliphatic heterocycles. The predicted octanol–water partition coefficient (Wildman–Crippen LogP) is 4.37. The average Bonchev–Trinajstić information content (AvgIpc) is 2.96. The van der Waals surface area contributed by atoms with Crippen molar-refractivity contribution in [3.63, 3.8) is 0 Å². The summed E-state index contributed by atoms with van der Waals surface area (Å²) in [7, 11) is 0. The van der Waals surface area contributed by atoms with Crippen molar-refractivity contribution in [1.29, 1.82) is 5.41 Å². The third-order valence-electron chi connectivity index (χ3n) is 3.63. The lowest BCUT2D eigenvalue weighted by Crippen LogP contribution is -2.09. The molecule has 4 nitrogen and oxygen atoms in total. The summed E-state index contributed by atoms with van der Waals surface area (Å²) in [5.41, 5.74) is 4.70. The fourth-order valence-corrected chi connectivity index (χ4v) is 2.48. The number of rotatable bonds is 5. The van der Waals surface area contributed by atoms with Gasteiger partial charge in [-0.15, -0.1) is 0 Å². The monoisotopic (exact) mass is 293 g/mol. The quantitative estimate of drug-likeness (QED) is 0.686. The summed E-state index contributed by atoms with van der Waals surface area (Å²) in [6, 6.07) is 9.76. The van der Waals surface area contributed by atoms with Gasteiger partial charge in [-0.05, 0) is 25.5 Å². The third kappa shape index (κ3) is 2.60. The molecule has 0 fully saturated rings. The van der Waals surface area contributed by atoms with Crippen molar-refractivity contribution in [2.24, 2.45) is 0 Å². The Labute approximate surface area is 129 Å². The first kappa shape index (κ1) is 14.3. The molecule has 0 saturated heterocycles. The van der Waals surface area contributed by atoms with Gasteiger partial charge in [0.1, 0.15) is 11.8 Å². The predicted molar refractivity (Wildman–Crippen MR) is 89.9 cm³/mol. The number of aromatic nitrogens is 1. The number of nitrogens with zero attached hydrogens (tertiary/aromatic N) is 1. The summed E-state index contributed by atoms with van der Waals surface area (Å²) in [5.74, 6) is 0. The van der Waals surface area contributed by atoms with Crippen molar-refractivity contribution >= 4 is 22.4 Å². The number of furan rings is 1. The van der Waals surface area contributed by atoms with Crippen LogP contribution in [-0.4, -0.2) is 17.2 Å². The second-order valence-electron chi connectivity index (χ2n) is 5.32. The van der Waals surface area contributed by atoms with Gasteiger partial charge in [0.05, 0.1) is 5.71 Å². The molecule has 0 unspecified atom stereocenters. The van der Waals surface area contributed by atoms with Crippen LogP contribution in [0.25, 0.3) is 11.0 Å². The highest BCUT2D eigenvalue weighted by molar-refractivity contribution is 6.19. The molecule has 4 heteroatoms. The Morgan fingerprint density at radius 2 is 2.09 bits per heavy atom. The Balaban J connectivity index is 2.05. The molecule has 22 heavy (non-hydrogen) atoms. The van der Waals surface area contributed by atoms with Gasteiger partial charge in [0, 0.05) is 40.6 Å². The third-order valence-corrected chi connectivity index (χ3v) is 3.63. The molecule has 1 aromatic carbocycles. The van der Waals surface area contributed by atoms with E-state index < -0.39 is 0 Å². The Hall–Kier alpha value is -2.62. The van der Waals surface area contributed by atoms with E-state index >= 15 is 0 Å². The first-order valence-corrected chi connectivity index (χ1v) is 7.46. The number of aryl methyl sites for hydroxylation is 1. The average molecular weight is 293 g/mol. The minimum atomic E-state index is 0.427. The maximum atomic E-state index is 8.58. The fraction of sp³-hybridized carbons (Fsp3) is 0.222. The maximum absolute atomic E-state index is 8.58. The molecule has 0 spiro atoms. The molecule has 2 N–H and O–H groups in total. The van der Waals surface area contributed by atoms with Crippen LogP contribution in [0.4, 0.5) is 5.69 Å². The minimum absolute atomic E-state index is 0.427. The van der Waals surface area contributed by atoms with Crippen LogP contribution in [-0.2, 0) is 0 Å². The van der Waals surface area contributed by atoms with Crippen LogP contribution in [0.15, 0.2) is 47.2 Å². The number of hydrogen-bond acceptors (Lipinski definition) is 4. The van der Waals surface area contributed by atoms with Crippen molar-refractivity contribution in [1.82, 2.24) is 4.98 Å². The maximum Gasteiger partial charge on any atom is 0.134 e. The Bertz CT molecular complexity index is 820. The second kappa shape index (κ2) is 6.02. The Kier molecular flexibility index (Phi) is 3.92. The zero-order valence-corrected chi connectivity index (χ0v) is 12.8. The summed E-state index contributed by atoms with van der Waals surface area (Å²) in [6.45, 7) is 4.95. The molecule has 0 atom stereocenters. The van der Waals surface area contributed by atoms with E-state index in [1.165, 1.54) is 0 Å². The van der Waals surface area contributed by atoms with Crippen molar-refractivity contribution in [3.05, 3.63) is 59.6 Å². The van der Waals surface area contributed by atoms with Crippen LogP contribution in [0.2, 0.25) is 0 Å². The van der Waals surface area contributed by atoms with Gasteiger partial charge in [-0.25, -0.2) is 0 Å². The van der Waals surface area contributed by atoms with Gasteiger partial charge in [0.2, 0.25) is 0 Å². The van der Waals surface area contributed by atoms with Gasteiger partial charge < -0.3 is 9.73 Å². The van der Waals surface area contributed by atoms with E-state index in [0.29, 0.717) is 5.71 Å². The number of benzene rings is 1. The summed E-state index contributed by atoms with van der Waals surface area (Å²) < 4.78 is 5.55. The Morgan fingerprint density at radius 3 is 2.91 bits per heavy atom. The van der Waals surface area contributed by atoms with Gasteiger partial charge in [-0.2, -0.15) is 0 Å². The van der Waals surface area contributed by atoms with Gasteiger partial charge in [-0.3, -0.25) is 10.4 Å². The van der Waals surface area contributed by atoms with Crippen LogP contribution < -0.4 is 5.32 Å². The lowest BCUT2D eigenvalue weighted by Gasteiger charge is -2.12. The smallest absolute Gasteiger partial charge is 0.134 e. The number of nitrogens with one attached hydrogen (secondary N) is 2. The van der Waals surface area contributed by atoms with E-state index in [4.69, 9.17) is 9.83 Å². The summed E-state index contributed by atoms with van der Waals surface area (Å²) >= 11 is 0. The van der Waals surface area contributed by atoms with Crippen molar-refractivity contribution < 1.29 is 4.42 Å². The van der Waals surface area contributed by atoms with Gasteiger partial charge in [-0.1, -0.05) is 25.1 Å². The highest BCUT2D eigenvalue weighted by Gasteiger charge is 2.15. The highest BCUT2D eigenvalue weighted by atomic mass is 16.3. The molecule has 3 rings (SSSR count). The number of hydrogen-bond donors (Lipinski definition) is 2. The van der Waals surface area contributed by atoms with E-state index in [0.717, 1.165) is 46.4 Å². The first-order valence-electron chi connectivity index (χ1n) is 7.46. The highest BCUT2D eigenvalue weighted by Crippen LogP contribution is 2.26. The zero-order valence-electron chi connectivity index (χ0n) is 12.8. The van der Waals surface area contributed by atoms with E-state index in [1.54, 1.807) is 12.5 Å². The van der Waals surface area contributed by atoms with E-state index in [9.17, 15) is 0 Å². The van der Waals surface area contributed by atoms with E-state index in [-0.39, 0.29) is 0 Å². The van der Waals surface area contributed by atoms with Gasteiger partial charge >= 0.3 is 0 Å². The molecule has 0 amide bonds. The van der Waals surface area contributed by atoms with Crippen LogP contribution >= 0.6 is 0 Å². The number of fused-ring (bicyclic) bond motifs is 1. The molecule has 0 aliphatic rings. The second-order valence-corrected chi connectivity index (χ2v) is 5.32. The van der Waals surface area contributed by atoms with E-state index in [1.807, 2.05) is 37.3 Å². The minimum Gasteiger partial charge on any atom is -0.464 e. The van der Waals surface area contributed by atoms with Crippen LogP contribution in [0.3, 0.4) is 0 Å². The largest absolute Gasteiger partial charge is 0.464 e. The van der Waals surface area contributed by atoms with Gasteiger partial charge in [0.25, 0.3) is 0 Å². The molecule has 0 aliphatic carbocycles. The SMILES string of the molecule is CCCNc1cc(C)ncc1C(=N)c1coc2ccccc12. The van der Waals surface area contributed by atoms with Crippen molar-refractivity contribution in [2.45, 2.75) is 20.3 Å². The lowest BCUT2D eigenvalue weighted by molar-refractivity contribution is 0.615. The molecular formula is C18H19N3O. The fourth-order valence-electron chi connectivity index (χ4n) is 2.48. The van der Waals surface area contributed by atoms with Crippen molar-refractivity contribution in [3.8, 4) is 0 Å². The van der Waals surface area contributed by atoms with Crippen LogP contribution in [0, 0.1) is 12.3 Å². The zero-order chi connectivity index (χ0) is 15.5. The summed E-state index contributed by atoms with van der Waals surface area (Å²) in [6.07, 6.45) is 4.44. The number of anilines is 1. The standard InChI is InChI=1S/C18H19N3O/c1-3-8-20-16-9-12(2)21-10-14(16)18(19)15-11-22-17-7-5-4-6-13(15)17/h4-7,9-11,19H,3,8H2,1-2H3,(H,20,21). The van der Waals surface area contributed by atoms with E-state index in [2.05, 4.69) is 17.2 Å². The molecule has 2 heterocycles. The molecular weight excluding hydrogens is 274 g/mol. The normalized spacial score (nSPS) is 10.8.